The lowest BCUT2D eigenvalue weighted by molar-refractivity contribution is -0.117. The van der Waals surface area contributed by atoms with Gasteiger partial charge in [0, 0.05) is 18.3 Å². The van der Waals surface area contributed by atoms with Gasteiger partial charge in [-0.2, -0.15) is 11.3 Å². The summed E-state index contributed by atoms with van der Waals surface area (Å²) in [5, 5.41) is 5.90. The number of nitrogens with zero attached hydrogens (tertiary/aromatic N) is 2. The molecule has 0 saturated carbocycles. The molecule has 4 nitrogen and oxygen atoms in total. The van der Waals surface area contributed by atoms with Crippen molar-refractivity contribution >= 4 is 40.2 Å². The van der Waals surface area contributed by atoms with Gasteiger partial charge in [-0.05, 0) is 29.3 Å². The number of hydrogen-bond donors (Lipinski definition) is 0. The molecule has 21 heavy (non-hydrogen) atoms. The Morgan fingerprint density at radius 1 is 1.24 bits per heavy atom. The fraction of sp³-hybridized carbons (Fsp3) is 0.333. The Morgan fingerprint density at radius 3 is 2.86 bits per heavy atom. The van der Waals surface area contributed by atoms with Crippen LogP contribution in [-0.4, -0.2) is 35.3 Å². The van der Waals surface area contributed by atoms with Crippen molar-refractivity contribution in [1.29, 1.82) is 0 Å². The van der Waals surface area contributed by atoms with E-state index in [9.17, 15) is 9.59 Å². The molecule has 6 heteroatoms. The predicted molar refractivity (Wildman–Crippen MR) is 84.0 cm³/mol. The van der Waals surface area contributed by atoms with E-state index in [-0.39, 0.29) is 23.9 Å². The van der Waals surface area contributed by atoms with Crippen LogP contribution < -0.4 is 4.90 Å². The van der Waals surface area contributed by atoms with Gasteiger partial charge in [0.05, 0.1) is 22.6 Å². The Balaban J connectivity index is 1.61. The number of anilines is 1. The third kappa shape index (κ3) is 2.01. The van der Waals surface area contributed by atoms with Crippen LogP contribution in [-0.2, 0) is 4.79 Å². The fourth-order valence-electron chi connectivity index (χ4n) is 3.37. The van der Waals surface area contributed by atoms with Crippen molar-refractivity contribution < 1.29 is 9.59 Å². The highest BCUT2D eigenvalue weighted by Gasteiger charge is 2.49. The Bertz CT molecular complexity index is 666. The van der Waals surface area contributed by atoms with Crippen LogP contribution in [0, 0.1) is 0 Å². The quantitative estimate of drug-likeness (QED) is 0.854. The summed E-state index contributed by atoms with van der Waals surface area (Å²) in [5.41, 5.74) is 0.975. The SMILES string of the molecule is O=C(c1cccs1)N1CC[C@H]2[C@H]1CC(=O)N2c1ccsc1. The molecular weight excluding hydrogens is 304 g/mol. The standard InChI is InChI=1S/C15H14N2O2S2/c18-14-8-12-11(17(14)10-4-7-20-9-10)3-5-16(12)15(19)13-2-1-6-21-13/h1-2,4,6-7,9,11-12H,3,5,8H2/t11-,12+/m0/s1. The minimum absolute atomic E-state index is 0.0204. The summed E-state index contributed by atoms with van der Waals surface area (Å²) >= 11 is 3.06. The summed E-state index contributed by atoms with van der Waals surface area (Å²) in [6.07, 6.45) is 1.31. The van der Waals surface area contributed by atoms with Crippen molar-refractivity contribution in [2.45, 2.75) is 24.9 Å². The molecule has 2 fully saturated rings. The molecule has 2 atom stereocenters. The summed E-state index contributed by atoms with van der Waals surface area (Å²) in [5.74, 6) is 0.199. The maximum absolute atomic E-state index is 12.6. The summed E-state index contributed by atoms with van der Waals surface area (Å²) in [4.78, 5) is 29.4. The predicted octanol–water partition coefficient (Wildman–Crippen LogP) is 2.83. The number of thiophene rings is 2. The van der Waals surface area contributed by atoms with E-state index in [2.05, 4.69) is 0 Å². The molecule has 4 rings (SSSR count). The van der Waals surface area contributed by atoms with E-state index < -0.39 is 0 Å². The van der Waals surface area contributed by atoms with Crippen LogP contribution in [0.5, 0.6) is 0 Å². The van der Waals surface area contributed by atoms with Gasteiger partial charge in [0.15, 0.2) is 0 Å². The van der Waals surface area contributed by atoms with Crippen LogP contribution in [0.4, 0.5) is 5.69 Å². The molecule has 108 valence electrons. The Labute approximate surface area is 130 Å². The number of fused-ring (bicyclic) bond motifs is 1. The highest BCUT2D eigenvalue weighted by Crippen LogP contribution is 2.37. The Kier molecular flexibility index (Phi) is 3.08. The normalized spacial score (nSPS) is 24.7. The van der Waals surface area contributed by atoms with Crippen molar-refractivity contribution in [3.63, 3.8) is 0 Å². The van der Waals surface area contributed by atoms with E-state index in [0.717, 1.165) is 23.5 Å². The zero-order valence-corrected chi connectivity index (χ0v) is 12.9. The smallest absolute Gasteiger partial charge is 0.264 e. The molecule has 0 radical (unpaired) electrons. The zero-order valence-electron chi connectivity index (χ0n) is 11.3. The first kappa shape index (κ1) is 13.0. The van der Waals surface area contributed by atoms with Gasteiger partial charge in [-0.25, -0.2) is 0 Å². The summed E-state index contributed by atoms with van der Waals surface area (Å²) in [6, 6.07) is 5.88. The molecule has 0 aromatic carbocycles. The van der Waals surface area contributed by atoms with E-state index in [4.69, 9.17) is 0 Å². The average molecular weight is 318 g/mol. The fourth-order valence-corrected chi connectivity index (χ4v) is 4.68. The van der Waals surface area contributed by atoms with E-state index in [1.54, 1.807) is 11.3 Å². The van der Waals surface area contributed by atoms with Crippen molar-refractivity contribution in [3.8, 4) is 0 Å². The van der Waals surface area contributed by atoms with Crippen molar-refractivity contribution in [1.82, 2.24) is 4.90 Å². The average Bonchev–Trinajstić information content (AvgIpc) is 3.23. The Hall–Kier alpha value is -1.66. The molecule has 2 aliphatic rings. The van der Waals surface area contributed by atoms with Crippen LogP contribution in [0.25, 0.3) is 0 Å². The lowest BCUT2D eigenvalue weighted by atomic mass is 10.1. The van der Waals surface area contributed by atoms with Crippen LogP contribution in [0.15, 0.2) is 34.3 Å². The molecule has 0 bridgehead atoms. The Morgan fingerprint density at radius 2 is 2.14 bits per heavy atom. The van der Waals surface area contributed by atoms with Crippen LogP contribution in [0.3, 0.4) is 0 Å². The maximum Gasteiger partial charge on any atom is 0.264 e. The molecule has 2 aromatic heterocycles. The van der Waals surface area contributed by atoms with Crippen LogP contribution in [0.2, 0.25) is 0 Å². The van der Waals surface area contributed by atoms with E-state index in [1.165, 1.54) is 11.3 Å². The molecular formula is C15H14N2O2S2. The molecule has 2 saturated heterocycles. The third-order valence-electron chi connectivity index (χ3n) is 4.27. The molecule has 2 aliphatic heterocycles. The highest BCUT2D eigenvalue weighted by molar-refractivity contribution is 7.12. The summed E-state index contributed by atoms with van der Waals surface area (Å²) in [6.45, 7) is 0.736. The van der Waals surface area contributed by atoms with E-state index in [0.29, 0.717) is 6.42 Å². The second kappa shape index (κ2) is 4.96. The highest BCUT2D eigenvalue weighted by atomic mass is 32.1. The molecule has 0 unspecified atom stereocenters. The van der Waals surface area contributed by atoms with Crippen LogP contribution >= 0.6 is 22.7 Å². The van der Waals surface area contributed by atoms with Crippen molar-refractivity contribution in [2.75, 3.05) is 11.4 Å². The van der Waals surface area contributed by atoms with Gasteiger partial charge in [0.25, 0.3) is 5.91 Å². The van der Waals surface area contributed by atoms with Gasteiger partial charge in [0.1, 0.15) is 0 Å². The topological polar surface area (TPSA) is 40.6 Å². The van der Waals surface area contributed by atoms with Gasteiger partial charge in [0.2, 0.25) is 5.91 Å². The first-order chi connectivity index (χ1) is 10.3. The molecule has 2 amide bonds. The van der Waals surface area contributed by atoms with Crippen LogP contribution in [0.1, 0.15) is 22.5 Å². The van der Waals surface area contributed by atoms with Gasteiger partial charge in [-0.1, -0.05) is 6.07 Å². The number of amides is 2. The van der Waals surface area contributed by atoms with E-state index in [1.807, 2.05) is 44.1 Å². The van der Waals surface area contributed by atoms with Gasteiger partial charge >= 0.3 is 0 Å². The monoisotopic (exact) mass is 318 g/mol. The lowest BCUT2D eigenvalue weighted by Gasteiger charge is -2.24. The second-order valence-electron chi connectivity index (χ2n) is 5.35. The number of hydrogen-bond acceptors (Lipinski definition) is 4. The van der Waals surface area contributed by atoms with Gasteiger partial charge in [-0.15, -0.1) is 11.3 Å². The first-order valence-corrected chi connectivity index (χ1v) is 8.76. The largest absolute Gasteiger partial charge is 0.332 e. The number of carbonyl (C=O) groups excluding carboxylic acids is 2. The van der Waals surface area contributed by atoms with Crippen molar-refractivity contribution in [2.24, 2.45) is 0 Å². The summed E-state index contributed by atoms with van der Waals surface area (Å²) in [7, 11) is 0. The number of carbonyl (C=O) groups is 2. The van der Waals surface area contributed by atoms with E-state index >= 15 is 0 Å². The minimum atomic E-state index is 0.0204. The first-order valence-electron chi connectivity index (χ1n) is 6.94. The summed E-state index contributed by atoms with van der Waals surface area (Å²) < 4.78 is 0. The minimum Gasteiger partial charge on any atom is -0.332 e. The number of rotatable bonds is 2. The number of likely N-dealkylation sites (tertiary alicyclic amines) is 1. The van der Waals surface area contributed by atoms with Crippen molar-refractivity contribution in [3.05, 3.63) is 39.2 Å². The third-order valence-corrected chi connectivity index (χ3v) is 5.80. The lowest BCUT2D eigenvalue weighted by Crippen LogP contribution is -2.39. The molecule has 2 aromatic rings. The molecule has 0 N–H and O–H groups in total. The molecule has 4 heterocycles. The molecule has 0 spiro atoms. The second-order valence-corrected chi connectivity index (χ2v) is 7.08. The maximum atomic E-state index is 12.6. The van der Waals surface area contributed by atoms with Gasteiger partial charge < -0.3 is 9.80 Å². The van der Waals surface area contributed by atoms with Gasteiger partial charge in [-0.3, -0.25) is 9.59 Å². The zero-order chi connectivity index (χ0) is 14.4. The molecule has 0 aliphatic carbocycles.